The fraction of sp³-hybridized carbons (Fsp3) is 0.458. The van der Waals surface area contributed by atoms with E-state index in [1.807, 2.05) is 13.0 Å². The number of hydrogen-bond acceptors (Lipinski definition) is 5. The van der Waals surface area contributed by atoms with Crippen molar-refractivity contribution in [2.24, 2.45) is 0 Å². The second-order valence-corrected chi connectivity index (χ2v) is 7.47. The Kier molecular flexibility index (Phi) is 11.3. The highest BCUT2D eigenvalue weighted by molar-refractivity contribution is 6.04. The van der Waals surface area contributed by atoms with Crippen LogP contribution in [0.15, 0.2) is 41.5 Å². The van der Waals surface area contributed by atoms with E-state index in [1.165, 1.54) is 29.0 Å². The summed E-state index contributed by atoms with van der Waals surface area (Å²) in [5, 5.41) is 2.65. The number of ether oxygens (including phenoxy) is 2. The molecule has 7 nitrogen and oxygen atoms in total. The molecule has 0 aromatic heterocycles. The molecule has 1 N–H and O–H groups in total. The average molecular weight is 431 g/mol. The van der Waals surface area contributed by atoms with Crippen LogP contribution in [-0.4, -0.2) is 44.7 Å². The number of allylic oxidation sites excluding steroid dienone is 3. The number of nitrogens with one attached hydrogen (secondary N) is 1. The average Bonchev–Trinajstić information content (AvgIpc) is 2.69. The molecule has 0 saturated heterocycles. The Labute approximate surface area is 185 Å². The van der Waals surface area contributed by atoms with Gasteiger partial charge in [0.2, 0.25) is 5.91 Å². The lowest BCUT2D eigenvalue weighted by Gasteiger charge is -2.21. The summed E-state index contributed by atoms with van der Waals surface area (Å²) in [6.07, 6.45) is 6.08. The van der Waals surface area contributed by atoms with Gasteiger partial charge in [0.25, 0.3) is 5.91 Å². The highest BCUT2D eigenvalue weighted by atomic mass is 16.5. The number of anilines is 2. The zero-order chi connectivity index (χ0) is 23.4. The molecule has 0 aliphatic rings. The fourth-order valence-electron chi connectivity index (χ4n) is 2.74. The van der Waals surface area contributed by atoms with Crippen molar-refractivity contribution in [2.75, 3.05) is 37.1 Å². The summed E-state index contributed by atoms with van der Waals surface area (Å²) in [7, 11) is 1.56. The molecule has 0 radical (unpaired) electrons. The van der Waals surface area contributed by atoms with Crippen molar-refractivity contribution in [1.82, 2.24) is 0 Å². The third kappa shape index (κ3) is 9.61. The molecule has 2 amide bonds. The third-order valence-corrected chi connectivity index (χ3v) is 4.42. The molecule has 1 aromatic rings. The predicted molar refractivity (Wildman–Crippen MR) is 123 cm³/mol. The Morgan fingerprint density at radius 2 is 1.81 bits per heavy atom. The molecule has 0 unspecified atom stereocenters. The first-order valence-corrected chi connectivity index (χ1v) is 10.4. The van der Waals surface area contributed by atoms with E-state index >= 15 is 0 Å². The summed E-state index contributed by atoms with van der Waals surface area (Å²) in [6, 6.07) is 4.69. The maximum atomic E-state index is 12.6. The van der Waals surface area contributed by atoms with Gasteiger partial charge in [-0.3, -0.25) is 9.59 Å². The summed E-state index contributed by atoms with van der Waals surface area (Å²) < 4.78 is 10.6. The lowest BCUT2D eigenvalue weighted by Crippen LogP contribution is -2.31. The molecule has 31 heavy (non-hydrogen) atoms. The molecular formula is C24H34N2O5. The van der Waals surface area contributed by atoms with Gasteiger partial charge >= 0.3 is 5.97 Å². The maximum Gasteiger partial charge on any atom is 0.340 e. The molecule has 0 aliphatic carbocycles. The Balaban J connectivity index is 2.81. The fourth-order valence-corrected chi connectivity index (χ4v) is 2.74. The molecule has 170 valence electrons. The van der Waals surface area contributed by atoms with Crippen molar-refractivity contribution in [2.45, 2.75) is 47.5 Å². The number of hydrogen-bond donors (Lipinski definition) is 1. The van der Waals surface area contributed by atoms with Crippen LogP contribution in [0.25, 0.3) is 0 Å². The van der Waals surface area contributed by atoms with E-state index in [1.54, 1.807) is 26.1 Å². The van der Waals surface area contributed by atoms with Gasteiger partial charge < -0.3 is 19.7 Å². The normalized spacial score (nSPS) is 11.0. The topological polar surface area (TPSA) is 84.9 Å². The number of rotatable bonds is 11. The Morgan fingerprint density at radius 3 is 2.42 bits per heavy atom. The number of amides is 2. The summed E-state index contributed by atoms with van der Waals surface area (Å²) in [5.74, 6) is -1.11. The van der Waals surface area contributed by atoms with Crippen molar-refractivity contribution in [3.05, 3.63) is 47.1 Å². The molecule has 1 rings (SSSR count). The van der Waals surface area contributed by atoms with Crippen molar-refractivity contribution >= 4 is 29.2 Å². The van der Waals surface area contributed by atoms with Crippen LogP contribution >= 0.6 is 0 Å². The van der Waals surface area contributed by atoms with Gasteiger partial charge in [0.15, 0.2) is 0 Å². The Bertz CT molecular complexity index is 838. The van der Waals surface area contributed by atoms with Gasteiger partial charge in [-0.05, 0) is 58.7 Å². The van der Waals surface area contributed by atoms with Gasteiger partial charge in [0.1, 0.15) is 6.61 Å². The van der Waals surface area contributed by atoms with Gasteiger partial charge in [0, 0.05) is 19.7 Å². The van der Waals surface area contributed by atoms with Gasteiger partial charge in [-0.15, -0.1) is 0 Å². The van der Waals surface area contributed by atoms with E-state index in [0.717, 1.165) is 12.8 Å². The van der Waals surface area contributed by atoms with E-state index in [0.29, 0.717) is 18.0 Å². The van der Waals surface area contributed by atoms with Crippen LogP contribution in [0.2, 0.25) is 0 Å². The highest BCUT2D eigenvalue weighted by Gasteiger charge is 2.20. The summed E-state index contributed by atoms with van der Waals surface area (Å²) in [5.41, 5.74) is 3.55. The molecule has 0 bridgehead atoms. The maximum absolute atomic E-state index is 12.6. The zero-order valence-corrected chi connectivity index (χ0v) is 19.4. The number of carbonyl (C=O) groups excluding carboxylic acids is 3. The molecule has 0 heterocycles. The van der Waals surface area contributed by atoms with Gasteiger partial charge in [0.05, 0.1) is 24.5 Å². The van der Waals surface area contributed by atoms with Crippen molar-refractivity contribution in [1.29, 1.82) is 0 Å². The Hall–Kier alpha value is -2.93. The monoisotopic (exact) mass is 430 g/mol. The van der Waals surface area contributed by atoms with Crippen LogP contribution in [0, 0.1) is 0 Å². The van der Waals surface area contributed by atoms with Crippen molar-refractivity contribution in [3.63, 3.8) is 0 Å². The Morgan fingerprint density at radius 1 is 1.10 bits per heavy atom. The lowest BCUT2D eigenvalue weighted by atomic mass is 10.1. The van der Waals surface area contributed by atoms with Crippen LogP contribution in [0.5, 0.6) is 0 Å². The third-order valence-electron chi connectivity index (χ3n) is 4.42. The smallest absolute Gasteiger partial charge is 0.340 e. The van der Waals surface area contributed by atoms with E-state index in [4.69, 9.17) is 9.47 Å². The largest absolute Gasteiger partial charge is 0.462 e. The molecule has 7 heteroatoms. The van der Waals surface area contributed by atoms with E-state index in [-0.39, 0.29) is 30.6 Å². The van der Waals surface area contributed by atoms with Crippen molar-refractivity contribution < 1.29 is 23.9 Å². The second-order valence-electron chi connectivity index (χ2n) is 7.47. The first-order valence-electron chi connectivity index (χ1n) is 10.4. The number of esters is 1. The van der Waals surface area contributed by atoms with Gasteiger partial charge in [-0.25, -0.2) is 4.79 Å². The predicted octanol–water partition coefficient (Wildman–Crippen LogP) is 4.49. The van der Waals surface area contributed by atoms with Crippen LogP contribution in [0.3, 0.4) is 0 Å². The van der Waals surface area contributed by atoms with Crippen LogP contribution < -0.4 is 10.2 Å². The van der Waals surface area contributed by atoms with Crippen LogP contribution in [0.1, 0.15) is 57.8 Å². The van der Waals surface area contributed by atoms with E-state index in [9.17, 15) is 14.4 Å². The first kappa shape index (κ1) is 26.1. The summed E-state index contributed by atoms with van der Waals surface area (Å²) >= 11 is 0. The van der Waals surface area contributed by atoms with Gasteiger partial charge in [-0.2, -0.15) is 0 Å². The molecule has 0 fully saturated rings. The standard InChI is InChI=1S/C24H34N2O5/c1-7-31-24(29)21-12-11-20(25-19(5)27)15-22(21)26(6)23(28)16-30-14-13-18(4)10-8-9-17(2)3/h9,11-13,15H,7-8,10,14,16H2,1-6H3,(H,25,27). The summed E-state index contributed by atoms with van der Waals surface area (Å²) in [4.78, 5) is 37.6. The molecule has 0 spiro atoms. The number of nitrogens with zero attached hydrogens (tertiary/aromatic N) is 1. The first-order chi connectivity index (χ1) is 14.6. The molecule has 0 saturated carbocycles. The minimum absolute atomic E-state index is 0.138. The molecule has 0 atom stereocenters. The van der Waals surface area contributed by atoms with E-state index < -0.39 is 5.97 Å². The number of likely N-dealkylation sites (N-methyl/N-ethyl adjacent to an activating group) is 1. The number of benzene rings is 1. The van der Waals surface area contributed by atoms with E-state index in [2.05, 4.69) is 25.2 Å². The molecule has 0 aliphatic heterocycles. The van der Waals surface area contributed by atoms with Crippen LogP contribution in [-0.2, 0) is 19.1 Å². The minimum Gasteiger partial charge on any atom is -0.462 e. The van der Waals surface area contributed by atoms with Crippen LogP contribution in [0.4, 0.5) is 11.4 Å². The molecular weight excluding hydrogens is 396 g/mol. The highest BCUT2D eigenvalue weighted by Crippen LogP contribution is 2.25. The quantitative estimate of drug-likeness (QED) is 0.318. The van der Waals surface area contributed by atoms with Crippen molar-refractivity contribution in [3.8, 4) is 0 Å². The minimum atomic E-state index is -0.539. The zero-order valence-electron chi connectivity index (χ0n) is 19.4. The SMILES string of the molecule is CCOC(=O)c1ccc(NC(C)=O)cc1N(C)C(=O)COCC=C(C)CCC=C(C)C. The summed E-state index contributed by atoms with van der Waals surface area (Å²) in [6.45, 7) is 9.68. The number of carbonyl (C=O) groups is 3. The van der Waals surface area contributed by atoms with Gasteiger partial charge in [-0.1, -0.05) is 23.3 Å². The second kappa shape index (κ2) is 13.4. The lowest BCUT2D eigenvalue weighted by molar-refractivity contribution is -0.122. The molecule has 1 aromatic carbocycles.